The van der Waals surface area contributed by atoms with Crippen LogP contribution in [0.5, 0.6) is 11.5 Å². The monoisotopic (exact) mass is 406 g/mol. The molecule has 1 atom stereocenters. The van der Waals surface area contributed by atoms with Crippen molar-refractivity contribution in [3.05, 3.63) is 77.9 Å². The number of ether oxygens (including phenoxy) is 2. The molecule has 0 amide bonds. The molecule has 0 bridgehead atoms. The van der Waals surface area contributed by atoms with Crippen molar-refractivity contribution in [1.82, 2.24) is 0 Å². The van der Waals surface area contributed by atoms with E-state index in [1.165, 1.54) is 11.6 Å². The van der Waals surface area contributed by atoms with Crippen LogP contribution in [-0.2, 0) is 4.79 Å². The van der Waals surface area contributed by atoms with E-state index in [9.17, 15) is 4.79 Å². The third-order valence-corrected chi connectivity index (χ3v) is 5.00. The largest absolute Gasteiger partial charge is 0.497 e. The lowest BCUT2D eigenvalue weighted by Gasteiger charge is -2.32. The maximum atomic E-state index is 12.1. The first-order valence-electron chi connectivity index (χ1n) is 10.5. The van der Waals surface area contributed by atoms with Crippen LogP contribution in [0.2, 0.25) is 0 Å². The lowest BCUT2D eigenvalue weighted by Crippen LogP contribution is -2.20. The van der Waals surface area contributed by atoms with Crippen molar-refractivity contribution in [3.63, 3.8) is 0 Å². The van der Waals surface area contributed by atoms with Gasteiger partial charge in [0.05, 0.1) is 7.11 Å². The summed E-state index contributed by atoms with van der Waals surface area (Å²) in [7, 11) is 1.64. The van der Waals surface area contributed by atoms with Gasteiger partial charge in [-0.3, -0.25) is 0 Å². The minimum absolute atomic E-state index is 0.182. The highest BCUT2D eigenvalue weighted by Gasteiger charge is 2.26. The van der Waals surface area contributed by atoms with Crippen molar-refractivity contribution >= 4 is 12.0 Å². The van der Waals surface area contributed by atoms with Crippen LogP contribution in [0.15, 0.2) is 66.8 Å². The Kier molecular flexibility index (Phi) is 8.46. The molecule has 0 fully saturated rings. The molecule has 0 saturated heterocycles. The zero-order valence-electron chi connectivity index (χ0n) is 19.0. The Hall–Kier alpha value is -2.81. The van der Waals surface area contributed by atoms with Crippen LogP contribution in [0, 0.1) is 11.3 Å². The third kappa shape index (κ3) is 7.55. The van der Waals surface area contributed by atoms with E-state index in [2.05, 4.69) is 46.8 Å². The van der Waals surface area contributed by atoms with Gasteiger partial charge in [0.1, 0.15) is 11.5 Å². The average molecular weight is 407 g/mol. The van der Waals surface area contributed by atoms with Crippen molar-refractivity contribution < 1.29 is 14.3 Å². The summed E-state index contributed by atoms with van der Waals surface area (Å²) < 4.78 is 10.6. The quantitative estimate of drug-likeness (QED) is 0.204. The maximum absolute atomic E-state index is 12.1. The predicted octanol–water partition coefficient (Wildman–Crippen LogP) is 7.05. The number of rotatable bonds is 8. The fraction of sp³-hybridized carbons (Fsp3) is 0.370. The van der Waals surface area contributed by atoms with Gasteiger partial charge >= 0.3 is 5.97 Å². The normalized spacial score (nSPS) is 13.2. The molecule has 0 radical (unpaired) electrons. The summed E-state index contributed by atoms with van der Waals surface area (Å²) >= 11 is 0. The molecule has 2 rings (SSSR count). The van der Waals surface area contributed by atoms with Crippen molar-refractivity contribution in [2.75, 3.05) is 7.11 Å². The van der Waals surface area contributed by atoms with E-state index in [1.54, 1.807) is 13.2 Å². The van der Waals surface area contributed by atoms with Gasteiger partial charge in [0, 0.05) is 6.08 Å². The predicted molar refractivity (Wildman–Crippen MR) is 125 cm³/mol. The standard InChI is InChI=1S/C27H34O3/c1-20(2)19-25(27(3,4)5)22-13-17-24(18-14-22)30-26(28)10-8-7-9-21-11-15-23(29-6)16-12-21/h7-18,20,25H,19H2,1-6H3. The van der Waals surface area contributed by atoms with E-state index in [0.29, 0.717) is 17.6 Å². The molecule has 0 spiro atoms. The second-order valence-electron chi connectivity index (χ2n) is 9.03. The molecule has 2 aromatic rings. The summed E-state index contributed by atoms with van der Waals surface area (Å²) in [6, 6.07) is 15.6. The number of benzene rings is 2. The summed E-state index contributed by atoms with van der Waals surface area (Å²) in [4.78, 5) is 12.1. The van der Waals surface area contributed by atoms with Gasteiger partial charge in [0.15, 0.2) is 0 Å². The molecule has 30 heavy (non-hydrogen) atoms. The zero-order chi connectivity index (χ0) is 22.1. The average Bonchev–Trinajstić information content (AvgIpc) is 2.70. The lowest BCUT2D eigenvalue weighted by molar-refractivity contribution is -0.128. The molecule has 1 unspecified atom stereocenters. The summed E-state index contributed by atoms with van der Waals surface area (Å²) in [6.07, 6.45) is 7.96. The molecule has 0 N–H and O–H groups in total. The second-order valence-corrected chi connectivity index (χ2v) is 9.03. The van der Waals surface area contributed by atoms with E-state index < -0.39 is 5.97 Å². The van der Waals surface area contributed by atoms with E-state index in [1.807, 2.05) is 48.6 Å². The molecule has 0 aliphatic rings. The Balaban J connectivity index is 1.94. The van der Waals surface area contributed by atoms with Crippen molar-refractivity contribution in [2.24, 2.45) is 11.3 Å². The Morgan fingerprint density at radius 2 is 1.53 bits per heavy atom. The summed E-state index contributed by atoms with van der Waals surface area (Å²) in [5.74, 6) is 2.07. The van der Waals surface area contributed by atoms with Gasteiger partial charge in [-0.25, -0.2) is 4.79 Å². The van der Waals surface area contributed by atoms with E-state index >= 15 is 0 Å². The maximum Gasteiger partial charge on any atom is 0.336 e. The van der Waals surface area contributed by atoms with Crippen molar-refractivity contribution in [3.8, 4) is 11.5 Å². The van der Waals surface area contributed by atoms with Gasteiger partial charge in [0.25, 0.3) is 0 Å². The highest BCUT2D eigenvalue weighted by atomic mass is 16.5. The smallest absolute Gasteiger partial charge is 0.336 e. The van der Waals surface area contributed by atoms with Crippen LogP contribution < -0.4 is 9.47 Å². The van der Waals surface area contributed by atoms with Crippen LogP contribution in [-0.4, -0.2) is 13.1 Å². The van der Waals surface area contributed by atoms with Crippen molar-refractivity contribution in [2.45, 2.75) is 47.0 Å². The number of hydrogen-bond donors (Lipinski definition) is 0. The highest BCUT2D eigenvalue weighted by molar-refractivity contribution is 5.84. The topological polar surface area (TPSA) is 35.5 Å². The van der Waals surface area contributed by atoms with Crippen molar-refractivity contribution in [1.29, 1.82) is 0 Å². The van der Waals surface area contributed by atoms with E-state index in [4.69, 9.17) is 9.47 Å². The molecule has 0 aliphatic heterocycles. The number of carbonyl (C=O) groups is 1. The number of esters is 1. The molecule has 0 heterocycles. The van der Waals surface area contributed by atoms with Gasteiger partial charge in [-0.05, 0) is 59.1 Å². The Morgan fingerprint density at radius 1 is 0.933 bits per heavy atom. The van der Waals surface area contributed by atoms with Gasteiger partial charge in [-0.15, -0.1) is 0 Å². The minimum Gasteiger partial charge on any atom is -0.497 e. The molecule has 0 aliphatic carbocycles. The fourth-order valence-electron chi connectivity index (χ4n) is 3.40. The number of methoxy groups -OCH3 is 1. The zero-order valence-corrected chi connectivity index (χ0v) is 19.0. The Morgan fingerprint density at radius 3 is 2.07 bits per heavy atom. The molecule has 3 heteroatoms. The fourth-order valence-corrected chi connectivity index (χ4v) is 3.40. The molecule has 3 nitrogen and oxygen atoms in total. The first-order valence-corrected chi connectivity index (χ1v) is 10.5. The molecule has 160 valence electrons. The van der Waals surface area contributed by atoms with Gasteiger partial charge < -0.3 is 9.47 Å². The number of hydrogen-bond acceptors (Lipinski definition) is 3. The second kappa shape index (κ2) is 10.8. The lowest BCUT2D eigenvalue weighted by atomic mass is 9.72. The molecule has 2 aromatic carbocycles. The molecule has 0 saturated carbocycles. The van der Waals surface area contributed by atoms with Crippen LogP contribution in [0.3, 0.4) is 0 Å². The number of allylic oxidation sites excluding steroid dienone is 2. The Bertz CT molecular complexity index is 850. The molecular weight excluding hydrogens is 372 g/mol. The first-order chi connectivity index (χ1) is 14.2. The SMILES string of the molecule is COc1ccc(C=CC=CC(=O)Oc2ccc(C(CC(C)C)C(C)(C)C)cc2)cc1. The van der Waals surface area contributed by atoms with E-state index in [0.717, 1.165) is 17.7 Å². The van der Waals surface area contributed by atoms with Crippen LogP contribution in [0.25, 0.3) is 6.08 Å². The van der Waals surface area contributed by atoms with Gasteiger partial charge in [-0.1, -0.05) is 77.1 Å². The summed E-state index contributed by atoms with van der Waals surface area (Å²) in [6.45, 7) is 11.3. The number of carbonyl (C=O) groups excluding carboxylic acids is 1. The summed E-state index contributed by atoms with van der Waals surface area (Å²) in [5.41, 5.74) is 2.50. The highest BCUT2D eigenvalue weighted by Crippen LogP contribution is 2.40. The third-order valence-electron chi connectivity index (χ3n) is 5.00. The minimum atomic E-state index is -0.392. The first kappa shape index (κ1) is 23.5. The summed E-state index contributed by atoms with van der Waals surface area (Å²) in [5, 5.41) is 0. The van der Waals surface area contributed by atoms with E-state index in [-0.39, 0.29) is 5.41 Å². The van der Waals surface area contributed by atoms with Crippen LogP contribution in [0.1, 0.15) is 58.1 Å². The Labute approximate surface area is 181 Å². The van der Waals surface area contributed by atoms with Crippen LogP contribution in [0.4, 0.5) is 0 Å². The molecule has 0 aromatic heterocycles. The van der Waals surface area contributed by atoms with Gasteiger partial charge in [0.2, 0.25) is 0 Å². The molecular formula is C27H34O3. The van der Waals surface area contributed by atoms with Gasteiger partial charge in [-0.2, -0.15) is 0 Å². The van der Waals surface area contributed by atoms with Crippen LogP contribution >= 0.6 is 0 Å².